The third-order valence-corrected chi connectivity index (χ3v) is 2.78. The highest BCUT2D eigenvalue weighted by atomic mass is 32.2. The molecule has 0 bridgehead atoms. The van der Waals surface area contributed by atoms with Crippen LogP contribution in [0.2, 0.25) is 0 Å². The zero-order valence-electron chi connectivity index (χ0n) is 8.60. The number of amides is 1. The van der Waals surface area contributed by atoms with Crippen LogP contribution in [0.15, 0.2) is 35.5 Å². The van der Waals surface area contributed by atoms with Gasteiger partial charge in [-0.2, -0.15) is 5.10 Å². The zero-order chi connectivity index (χ0) is 11.4. The number of para-hydroxylation sites is 1. The minimum atomic E-state index is -0.293. The molecule has 5 nitrogen and oxygen atoms in total. The van der Waals surface area contributed by atoms with E-state index in [4.69, 9.17) is 0 Å². The van der Waals surface area contributed by atoms with Gasteiger partial charge in [-0.15, -0.1) is 11.8 Å². The van der Waals surface area contributed by atoms with Gasteiger partial charge in [-0.05, 0) is 18.4 Å². The van der Waals surface area contributed by atoms with Crippen molar-refractivity contribution in [2.75, 3.05) is 11.6 Å². The Morgan fingerprint density at radius 2 is 2.25 bits per heavy atom. The summed E-state index contributed by atoms with van der Waals surface area (Å²) in [4.78, 5) is 16.5. The van der Waals surface area contributed by atoms with E-state index in [1.54, 1.807) is 11.8 Å². The normalized spacial score (nSPS) is 10.1. The second-order valence-electron chi connectivity index (χ2n) is 2.99. The molecule has 0 saturated heterocycles. The summed E-state index contributed by atoms with van der Waals surface area (Å²) in [5.41, 5.74) is 0.774. The number of hydrogen-bond acceptors (Lipinski definition) is 4. The third kappa shape index (κ3) is 2.22. The first-order valence-corrected chi connectivity index (χ1v) is 5.83. The Hall–Kier alpha value is -1.82. The van der Waals surface area contributed by atoms with Crippen LogP contribution in [0.5, 0.6) is 0 Å². The first-order valence-electron chi connectivity index (χ1n) is 4.61. The van der Waals surface area contributed by atoms with Gasteiger partial charge in [-0.1, -0.05) is 12.1 Å². The summed E-state index contributed by atoms with van der Waals surface area (Å²) in [6, 6.07) is 7.59. The molecular formula is C10H10N4OS. The van der Waals surface area contributed by atoms with E-state index in [9.17, 15) is 4.79 Å². The number of thioether (sulfide) groups is 1. The van der Waals surface area contributed by atoms with Crippen LogP contribution in [0.25, 0.3) is 0 Å². The number of H-pyrrole nitrogens is 1. The summed E-state index contributed by atoms with van der Waals surface area (Å²) >= 11 is 1.57. The van der Waals surface area contributed by atoms with Gasteiger partial charge in [0, 0.05) is 4.90 Å². The van der Waals surface area contributed by atoms with Crippen molar-refractivity contribution in [3.8, 4) is 0 Å². The van der Waals surface area contributed by atoms with Crippen molar-refractivity contribution in [3.05, 3.63) is 36.4 Å². The molecule has 2 rings (SSSR count). The summed E-state index contributed by atoms with van der Waals surface area (Å²) in [7, 11) is 0. The number of aromatic amines is 1. The molecular weight excluding hydrogens is 224 g/mol. The molecule has 0 fully saturated rings. The van der Waals surface area contributed by atoms with Crippen LogP contribution in [-0.4, -0.2) is 27.3 Å². The third-order valence-electron chi connectivity index (χ3n) is 1.99. The fourth-order valence-corrected chi connectivity index (χ4v) is 1.80. The first kappa shape index (κ1) is 10.7. The van der Waals surface area contributed by atoms with Crippen molar-refractivity contribution >= 4 is 23.4 Å². The molecule has 0 saturated carbocycles. The SMILES string of the molecule is CSc1ccccc1NC(=O)c1ncn[nH]1. The zero-order valence-corrected chi connectivity index (χ0v) is 9.41. The van der Waals surface area contributed by atoms with Crippen LogP contribution in [0.1, 0.15) is 10.6 Å². The Morgan fingerprint density at radius 3 is 2.94 bits per heavy atom. The Morgan fingerprint density at radius 1 is 1.44 bits per heavy atom. The second kappa shape index (κ2) is 4.80. The summed E-state index contributed by atoms with van der Waals surface area (Å²) in [6.45, 7) is 0. The molecule has 0 aliphatic heterocycles. The minimum Gasteiger partial charge on any atom is -0.318 e. The molecule has 2 aromatic rings. The average molecular weight is 234 g/mol. The second-order valence-corrected chi connectivity index (χ2v) is 3.84. The molecule has 0 spiro atoms. The topological polar surface area (TPSA) is 70.7 Å². The van der Waals surface area contributed by atoms with E-state index in [-0.39, 0.29) is 11.7 Å². The maximum Gasteiger partial charge on any atom is 0.293 e. The number of carbonyl (C=O) groups is 1. The Balaban J connectivity index is 2.18. The lowest BCUT2D eigenvalue weighted by molar-refractivity contribution is 0.101. The van der Waals surface area contributed by atoms with Crippen molar-refractivity contribution in [2.24, 2.45) is 0 Å². The molecule has 82 valence electrons. The van der Waals surface area contributed by atoms with E-state index in [0.29, 0.717) is 0 Å². The van der Waals surface area contributed by atoms with Crippen LogP contribution in [0.4, 0.5) is 5.69 Å². The van der Waals surface area contributed by atoms with Gasteiger partial charge in [-0.25, -0.2) is 4.98 Å². The maximum atomic E-state index is 11.7. The van der Waals surface area contributed by atoms with Crippen molar-refractivity contribution in [1.29, 1.82) is 0 Å². The van der Waals surface area contributed by atoms with Crippen LogP contribution < -0.4 is 5.32 Å². The van der Waals surface area contributed by atoms with E-state index < -0.39 is 0 Å². The number of anilines is 1. The van der Waals surface area contributed by atoms with E-state index in [1.165, 1.54) is 6.33 Å². The largest absolute Gasteiger partial charge is 0.318 e. The Kier molecular flexibility index (Phi) is 3.21. The highest BCUT2D eigenvalue weighted by Gasteiger charge is 2.10. The number of rotatable bonds is 3. The van der Waals surface area contributed by atoms with Gasteiger partial charge < -0.3 is 5.32 Å². The number of benzene rings is 1. The van der Waals surface area contributed by atoms with E-state index in [2.05, 4.69) is 20.5 Å². The number of nitrogens with zero attached hydrogens (tertiary/aromatic N) is 2. The lowest BCUT2D eigenvalue weighted by Crippen LogP contribution is -2.14. The van der Waals surface area contributed by atoms with Crippen LogP contribution in [0, 0.1) is 0 Å². The summed E-state index contributed by atoms with van der Waals surface area (Å²) in [5.74, 6) is -0.0880. The molecule has 16 heavy (non-hydrogen) atoms. The number of nitrogens with one attached hydrogen (secondary N) is 2. The van der Waals surface area contributed by atoms with Crippen LogP contribution in [-0.2, 0) is 0 Å². The Labute approximate surface area is 96.7 Å². The number of aromatic nitrogens is 3. The average Bonchev–Trinajstić information content (AvgIpc) is 2.83. The van der Waals surface area contributed by atoms with Gasteiger partial charge in [0.1, 0.15) is 6.33 Å². The lowest BCUT2D eigenvalue weighted by atomic mass is 10.3. The molecule has 1 amide bonds. The van der Waals surface area contributed by atoms with Crippen LogP contribution >= 0.6 is 11.8 Å². The molecule has 0 atom stereocenters. The number of carbonyl (C=O) groups excluding carboxylic acids is 1. The quantitative estimate of drug-likeness (QED) is 0.794. The van der Waals surface area contributed by atoms with Crippen molar-refractivity contribution in [3.63, 3.8) is 0 Å². The maximum absolute atomic E-state index is 11.7. The van der Waals surface area contributed by atoms with Gasteiger partial charge in [0.25, 0.3) is 5.91 Å². The first-order chi connectivity index (χ1) is 7.81. The highest BCUT2D eigenvalue weighted by molar-refractivity contribution is 7.98. The van der Waals surface area contributed by atoms with Gasteiger partial charge in [0.2, 0.25) is 5.82 Å². The predicted octanol–water partition coefficient (Wildman–Crippen LogP) is 1.78. The smallest absolute Gasteiger partial charge is 0.293 e. The van der Waals surface area contributed by atoms with Gasteiger partial charge in [-0.3, -0.25) is 9.89 Å². The fraction of sp³-hybridized carbons (Fsp3) is 0.100. The van der Waals surface area contributed by atoms with Crippen molar-refractivity contribution in [1.82, 2.24) is 15.2 Å². The summed E-state index contributed by atoms with van der Waals surface area (Å²) < 4.78 is 0. The molecule has 1 aromatic heterocycles. The Bertz CT molecular complexity index is 483. The molecule has 1 aromatic carbocycles. The van der Waals surface area contributed by atoms with Crippen molar-refractivity contribution in [2.45, 2.75) is 4.90 Å². The van der Waals surface area contributed by atoms with Gasteiger partial charge in [0.15, 0.2) is 0 Å². The minimum absolute atomic E-state index is 0.205. The summed E-state index contributed by atoms with van der Waals surface area (Å²) in [6.07, 6.45) is 3.26. The van der Waals surface area contributed by atoms with Crippen molar-refractivity contribution < 1.29 is 4.79 Å². The molecule has 2 N–H and O–H groups in total. The molecule has 0 aliphatic rings. The molecule has 0 aliphatic carbocycles. The predicted molar refractivity (Wildman–Crippen MR) is 62.6 cm³/mol. The fourth-order valence-electron chi connectivity index (χ4n) is 1.24. The summed E-state index contributed by atoms with van der Waals surface area (Å²) in [5, 5.41) is 8.91. The molecule has 6 heteroatoms. The van der Waals surface area contributed by atoms with Gasteiger partial charge in [0.05, 0.1) is 5.69 Å². The number of hydrogen-bond donors (Lipinski definition) is 2. The van der Waals surface area contributed by atoms with E-state index in [0.717, 1.165) is 10.6 Å². The van der Waals surface area contributed by atoms with Gasteiger partial charge >= 0.3 is 0 Å². The highest BCUT2D eigenvalue weighted by Crippen LogP contribution is 2.24. The lowest BCUT2D eigenvalue weighted by Gasteiger charge is -2.07. The van der Waals surface area contributed by atoms with Crippen LogP contribution in [0.3, 0.4) is 0 Å². The van der Waals surface area contributed by atoms with E-state index in [1.807, 2.05) is 30.5 Å². The molecule has 1 heterocycles. The molecule has 0 unspecified atom stereocenters. The standard InChI is InChI=1S/C10H10N4OS/c1-16-8-5-3-2-4-7(8)13-10(15)9-11-6-12-14-9/h2-6H,1H3,(H,13,15)(H,11,12,14). The monoisotopic (exact) mass is 234 g/mol. The molecule has 0 radical (unpaired) electrons. The van der Waals surface area contributed by atoms with E-state index >= 15 is 0 Å².